The highest BCUT2D eigenvalue weighted by molar-refractivity contribution is 5.86. The van der Waals surface area contributed by atoms with Crippen LogP contribution in [0.5, 0.6) is 11.5 Å². The summed E-state index contributed by atoms with van der Waals surface area (Å²) in [5, 5.41) is 2.69. The van der Waals surface area contributed by atoms with Crippen molar-refractivity contribution in [1.82, 2.24) is 10.2 Å². The third-order valence-electron chi connectivity index (χ3n) is 5.85. The normalized spacial score (nSPS) is 15.8. The van der Waals surface area contributed by atoms with Crippen molar-refractivity contribution in [3.05, 3.63) is 59.4 Å². The molecule has 0 radical (unpaired) electrons. The van der Waals surface area contributed by atoms with Gasteiger partial charge in [0.1, 0.15) is 5.82 Å². The van der Waals surface area contributed by atoms with Gasteiger partial charge in [0.05, 0.1) is 27.2 Å². The molecule has 0 bridgehead atoms. The van der Waals surface area contributed by atoms with Crippen LogP contribution in [0.25, 0.3) is 0 Å². The number of piperidine rings is 1. The number of nitrogens with one attached hydrogen (secondary N) is 1. The summed E-state index contributed by atoms with van der Waals surface area (Å²) in [5.41, 5.74) is 1.71. The molecule has 0 aliphatic carbocycles. The monoisotopic (exact) mass is 442 g/mol. The van der Waals surface area contributed by atoms with Crippen LogP contribution in [0.1, 0.15) is 36.8 Å². The predicted molar refractivity (Wildman–Crippen MR) is 120 cm³/mol. The molecule has 6 nitrogen and oxygen atoms in total. The van der Waals surface area contributed by atoms with Crippen LogP contribution < -0.4 is 14.8 Å². The average molecular weight is 443 g/mol. The summed E-state index contributed by atoms with van der Waals surface area (Å²) in [7, 11) is 3.23. The number of rotatable bonds is 9. The van der Waals surface area contributed by atoms with Crippen LogP contribution in [0.3, 0.4) is 0 Å². The minimum Gasteiger partial charge on any atom is -0.493 e. The molecule has 7 heteroatoms. The highest BCUT2D eigenvalue weighted by atomic mass is 19.1. The zero-order chi connectivity index (χ0) is 22.9. The van der Waals surface area contributed by atoms with Gasteiger partial charge in [0.15, 0.2) is 11.5 Å². The van der Waals surface area contributed by atoms with E-state index >= 15 is 0 Å². The Morgan fingerprint density at radius 3 is 2.62 bits per heavy atom. The molecule has 1 aliphatic rings. The maximum atomic E-state index is 13.3. The van der Waals surface area contributed by atoms with Crippen molar-refractivity contribution in [2.24, 2.45) is 0 Å². The fourth-order valence-electron chi connectivity index (χ4n) is 4.17. The number of halogens is 1. The van der Waals surface area contributed by atoms with Crippen molar-refractivity contribution >= 4 is 11.8 Å². The van der Waals surface area contributed by atoms with E-state index < -0.39 is 0 Å². The SMILES string of the molecule is COc1ccc(CCC2CCCCN2C(=O)CNC(=O)Cc2cccc(F)c2)cc1OC. The molecule has 0 spiro atoms. The van der Waals surface area contributed by atoms with Crippen molar-refractivity contribution < 1.29 is 23.5 Å². The summed E-state index contributed by atoms with van der Waals surface area (Å²) >= 11 is 0. The van der Waals surface area contributed by atoms with Gasteiger partial charge in [0.2, 0.25) is 11.8 Å². The van der Waals surface area contributed by atoms with Gasteiger partial charge < -0.3 is 19.7 Å². The molecule has 1 saturated heterocycles. The Hall–Kier alpha value is -3.09. The van der Waals surface area contributed by atoms with Gasteiger partial charge in [-0.05, 0) is 67.5 Å². The Kier molecular flexibility index (Phi) is 8.48. The third kappa shape index (κ3) is 6.45. The van der Waals surface area contributed by atoms with Crippen LogP contribution in [0.2, 0.25) is 0 Å². The van der Waals surface area contributed by atoms with Gasteiger partial charge in [-0.15, -0.1) is 0 Å². The maximum Gasteiger partial charge on any atom is 0.242 e. The van der Waals surface area contributed by atoms with Gasteiger partial charge in [-0.25, -0.2) is 4.39 Å². The van der Waals surface area contributed by atoms with E-state index in [0.717, 1.165) is 37.7 Å². The van der Waals surface area contributed by atoms with Crippen molar-refractivity contribution in [3.8, 4) is 11.5 Å². The molecule has 2 amide bonds. The van der Waals surface area contributed by atoms with Gasteiger partial charge in [-0.1, -0.05) is 18.2 Å². The van der Waals surface area contributed by atoms with Crippen LogP contribution in [-0.4, -0.2) is 50.1 Å². The van der Waals surface area contributed by atoms with Crippen molar-refractivity contribution in [1.29, 1.82) is 0 Å². The average Bonchev–Trinajstić information content (AvgIpc) is 2.81. The number of likely N-dealkylation sites (tertiary alicyclic amines) is 1. The summed E-state index contributed by atoms with van der Waals surface area (Å²) in [6.45, 7) is 0.663. The molecule has 1 unspecified atom stereocenters. The fraction of sp³-hybridized carbons (Fsp3) is 0.440. The van der Waals surface area contributed by atoms with Gasteiger partial charge in [-0.2, -0.15) is 0 Å². The first kappa shape index (κ1) is 23.6. The standard InChI is InChI=1S/C25H31FN2O4/c1-31-22-12-10-18(15-23(22)32-2)9-11-21-8-3-4-13-28(21)25(30)17-27-24(29)16-19-6-5-7-20(26)14-19/h5-7,10,12,14-15,21H,3-4,8-9,11,13,16-17H2,1-2H3,(H,27,29). The third-order valence-corrected chi connectivity index (χ3v) is 5.85. The molecule has 172 valence electrons. The number of amides is 2. The smallest absolute Gasteiger partial charge is 0.242 e. The summed E-state index contributed by atoms with van der Waals surface area (Å²) in [6.07, 6.45) is 4.73. The summed E-state index contributed by atoms with van der Waals surface area (Å²) in [5.74, 6) is 0.650. The number of nitrogens with zero attached hydrogens (tertiary/aromatic N) is 1. The van der Waals surface area contributed by atoms with Gasteiger partial charge in [0.25, 0.3) is 0 Å². The first-order valence-electron chi connectivity index (χ1n) is 11.0. The zero-order valence-electron chi connectivity index (χ0n) is 18.7. The van der Waals surface area contributed by atoms with Crippen LogP contribution in [-0.2, 0) is 22.4 Å². The second kappa shape index (κ2) is 11.5. The lowest BCUT2D eigenvalue weighted by Gasteiger charge is -2.36. The van der Waals surface area contributed by atoms with E-state index in [1.807, 2.05) is 23.1 Å². The topological polar surface area (TPSA) is 67.9 Å². The molecule has 2 aromatic rings. The molecule has 32 heavy (non-hydrogen) atoms. The Balaban J connectivity index is 1.52. The number of carbonyl (C=O) groups excluding carboxylic acids is 2. The van der Waals surface area contributed by atoms with Crippen LogP contribution >= 0.6 is 0 Å². The Morgan fingerprint density at radius 1 is 1.06 bits per heavy atom. The van der Waals surface area contributed by atoms with Gasteiger partial charge in [0, 0.05) is 12.6 Å². The zero-order valence-corrected chi connectivity index (χ0v) is 18.7. The first-order chi connectivity index (χ1) is 15.5. The molecule has 0 aromatic heterocycles. The fourth-order valence-corrected chi connectivity index (χ4v) is 4.17. The molecule has 0 saturated carbocycles. The molecule has 1 aliphatic heterocycles. The summed E-state index contributed by atoms with van der Waals surface area (Å²) < 4.78 is 24.0. The van der Waals surface area contributed by atoms with Gasteiger partial charge in [-0.3, -0.25) is 9.59 Å². The minimum atomic E-state index is -0.378. The number of hydrogen-bond acceptors (Lipinski definition) is 4. The first-order valence-corrected chi connectivity index (χ1v) is 11.0. The van der Waals surface area contributed by atoms with E-state index in [2.05, 4.69) is 5.32 Å². The lowest BCUT2D eigenvalue weighted by atomic mass is 9.95. The van der Waals surface area contributed by atoms with Crippen LogP contribution in [0, 0.1) is 5.82 Å². The number of methoxy groups -OCH3 is 2. The summed E-state index contributed by atoms with van der Waals surface area (Å²) in [4.78, 5) is 26.9. The second-order valence-electron chi connectivity index (χ2n) is 8.05. The van der Waals surface area contributed by atoms with E-state index in [0.29, 0.717) is 23.6 Å². The lowest BCUT2D eigenvalue weighted by Crippen LogP contribution is -2.48. The molecular weight excluding hydrogens is 411 g/mol. The Bertz CT molecular complexity index is 934. The highest BCUT2D eigenvalue weighted by Gasteiger charge is 2.26. The number of aryl methyl sites for hydroxylation is 1. The van der Waals surface area contributed by atoms with E-state index in [-0.39, 0.29) is 36.6 Å². The maximum absolute atomic E-state index is 13.3. The van der Waals surface area contributed by atoms with E-state index in [1.165, 1.54) is 12.1 Å². The van der Waals surface area contributed by atoms with Crippen molar-refractivity contribution in [2.45, 2.75) is 44.6 Å². The number of carbonyl (C=O) groups is 2. The molecule has 1 heterocycles. The largest absolute Gasteiger partial charge is 0.493 e. The second-order valence-corrected chi connectivity index (χ2v) is 8.05. The summed E-state index contributed by atoms with van der Waals surface area (Å²) in [6, 6.07) is 12.0. The minimum absolute atomic E-state index is 0.0407. The number of benzene rings is 2. The Labute approximate surface area is 188 Å². The van der Waals surface area contributed by atoms with Crippen LogP contribution in [0.4, 0.5) is 4.39 Å². The van der Waals surface area contributed by atoms with Crippen LogP contribution in [0.15, 0.2) is 42.5 Å². The van der Waals surface area contributed by atoms with E-state index in [9.17, 15) is 14.0 Å². The molecule has 2 aromatic carbocycles. The highest BCUT2D eigenvalue weighted by Crippen LogP contribution is 2.29. The van der Waals surface area contributed by atoms with E-state index in [1.54, 1.807) is 26.4 Å². The molecule has 3 rings (SSSR count). The molecular formula is C25H31FN2O4. The molecule has 1 N–H and O–H groups in total. The molecule has 1 atom stereocenters. The van der Waals surface area contributed by atoms with E-state index in [4.69, 9.17) is 9.47 Å². The Morgan fingerprint density at radius 2 is 1.88 bits per heavy atom. The quantitative estimate of drug-likeness (QED) is 0.645. The predicted octanol–water partition coefficient (Wildman–Crippen LogP) is 3.52. The molecule has 1 fully saturated rings. The number of ether oxygens (including phenoxy) is 2. The number of hydrogen-bond donors (Lipinski definition) is 1. The van der Waals surface area contributed by atoms with Crippen molar-refractivity contribution in [2.75, 3.05) is 27.3 Å². The lowest BCUT2D eigenvalue weighted by molar-refractivity contribution is -0.136. The van der Waals surface area contributed by atoms with Crippen molar-refractivity contribution in [3.63, 3.8) is 0 Å². The van der Waals surface area contributed by atoms with Gasteiger partial charge >= 0.3 is 0 Å².